The lowest BCUT2D eigenvalue weighted by molar-refractivity contribution is 0.457. The van der Waals surface area contributed by atoms with Gasteiger partial charge in [0.1, 0.15) is 0 Å². The highest BCUT2D eigenvalue weighted by Crippen LogP contribution is 2.61. The van der Waals surface area contributed by atoms with Gasteiger partial charge in [0.05, 0.1) is 10.8 Å². The van der Waals surface area contributed by atoms with Gasteiger partial charge >= 0.3 is 0 Å². The Bertz CT molecular complexity index is 4160. The quantitative estimate of drug-likeness (QED) is 0.152. The van der Waals surface area contributed by atoms with E-state index in [0.717, 1.165) is 27.8 Å². The predicted octanol–water partition coefficient (Wildman–Crippen LogP) is 17.4. The second kappa shape index (κ2) is 17.3. The molecule has 4 heteroatoms. The normalized spacial score (nSPS) is 16.4. The van der Waals surface area contributed by atoms with Crippen LogP contribution in [0.4, 0.5) is 0 Å². The second-order valence-electron chi connectivity index (χ2n) is 20.1. The third-order valence-corrected chi connectivity index (χ3v) is 17.6. The molecule has 0 spiro atoms. The maximum atomic E-state index is 5.55. The molecule has 2 heterocycles. The zero-order valence-electron chi connectivity index (χ0n) is 40.9. The predicted molar refractivity (Wildman–Crippen MR) is 309 cm³/mol. The van der Waals surface area contributed by atoms with Crippen LogP contribution in [0.2, 0.25) is 0 Å². The first-order valence-corrected chi connectivity index (χ1v) is 26.7. The van der Waals surface area contributed by atoms with Crippen molar-refractivity contribution < 1.29 is 0 Å². The molecule has 3 aliphatic carbocycles. The van der Waals surface area contributed by atoms with Gasteiger partial charge in [-0.15, -0.1) is 11.3 Å². The van der Waals surface area contributed by atoms with Crippen LogP contribution in [0.3, 0.4) is 0 Å². The Balaban J connectivity index is 0.912. The lowest BCUT2D eigenvalue weighted by Crippen LogP contribution is -2.34. The zero-order valence-corrected chi connectivity index (χ0v) is 41.7. The van der Waals surface area contributed by atoms with Crippen molar-refractivity contribution in [3.05, 3.63) is 318 Å². The molecule has 0 saturated carbocycles. The summed E-state index contributed by atoms with van der Waals surface area (Å²) < 4.78 is 2.41. The topological polar surface area (TPSA) is 38.7 Å². The number of hydrogen-bond donors (Lipinski definition) is 0. The Kier molecular flexibility index (Phi) is 10.0. The Labute approximate surface area is 440 Å². The SMILES string of the molecule is C1=CC2c3c(-c4nc(-c5ccc(-c6ccc7c(c6)C(c6ccccc6)(c6ccccc6)c6ccccc6-7)cc5)nc(-c5cccc6c5sc5ccccc56)n4)cccc3C(c3ccccc3)(c3ccccc3)C2C=C1. The number of allylic oxidation sites excluding steroid dienone is 4. The number of nitrogens with zero attached hydrogens (tertiary/aromatic N) is 3. The van der Waals surface area contributed by atoms with Gasteiger partial charge in [-0.25, -0.2) is 15.0 Å². The molecule has 2 unspecified atom stereocenters. The summed E-state index contributed by atoms with van der Waals surface area (Å²) in [5.74, 6) is 2.18. The third kappa shape index (κ3) is 6.49. The summed E-state index contributed by atoms with van der Waals surface area (Å²) in [4.78, 5) is 16.5. The van der Waals surface area contributed by atoms with Crippen molar-refractivity contribution in [3.63, 3.8) is 0 Å². The summed E-state index contributed by atoms with van der Waals surface area (Å²) in [5.41, 5.74) is 17.0. The fourth-order valence-electron chi connectivity index (χ4n) is 13.3. The highest BCUT2D eigenvalue weighted by atomic mass is 32.1. The van der Waals surface area contributed by atoms with Crippen molar-refractivity contribution in [1.82, 2.24) is 15.0 Å². The summed E-state index contributed by atoms with van der Waals surface area (Å²) in [5, 5.41) is 2.45. The minimum absolute atomic E-state index is 0.0817. The summed E-state index contributed by atoms with van der Waals surface area (Å²) in [7, 11) is 0. The minimum atomic E-state index is -0.484. The lowest BCUT2D eigenvalue weighted by Gasteiger charge is -2.38. The molecule has 0 aliphatic heterocycles. The largest absolute Gasteiger partial charge is 0.208 e. The molecule has 12 aromatic rings. The van der Waals surface area contributed by atoms with Gasteiger partial charge in [0, 0.05) is 48.7 Å². The van der Waals surface area contributed by atoms with E-state index in [9.17, 15) is 0 Å². The molecule has 0 radical (unpaired) electrons. The first kappa shape index (κ1) is 43.5. The molecule has 75 heavy (non-hydrogen) atoms. The number of benzene rings is 10. The smallest absolute Gasteiger partial charge is 0.165 e. The van der Waals surface area contributed by atoms with Gasteiger partial charge in [-0.1, -0.05) is 255 Å². The van der Waals surface area contributed by atoms with Crippen molar-refractivity contribution in [2.75, 3.05) is 0 Å². The van der Waals surface area contributed by atoms with E-state index >= 15 is 0 Å². The Morgan fingerprint density at radius 1 is 0.347 bits per heavy atom. The van der Waals surface area contributed by atoms with Crippen molar-refractivity contribution in [2.24, 2.45) is 5.92 Å². The Morgan fingerprint density at radius 3 is 1.57 bits per heavy atom. The van der Waals surface area contributed by atoms with Crippen LogP contribution < -0.4 is 0 Å². The van der Waals surface area contributed by atoms with Crippen LogP contribution in [-0.4, -0.2) is 15.0 Å². The van der Waals surface area contributed by atoms with Crippen LogP contribution in [0.5, 0.6) is 0 Å². The first-order chi connectivity index (χ1) is 37.2. The van der Waals surface area contributed by atoms with Gasteiger partial charge in [0.15, 0.2) is 17.5 Å². The molecule has 0 bridgehead atoms. The number of aromatic nitrogens is 3. The molecule has 0 saturated heterocycles. The molecule has 352 valence electrons. The molecule has 15 rings (SSSR count). The second-order valence-corrected chi connectivity index (χ2v) is 21.1. The van der Waals surface area contributed by atoms with Gasteiger partial charge in [-0.3, -0.25) is 0 Å². The van der Waals surface area contributed by atoms with Crippen molar-refractivity contribution in [2.45, 2.75) is 16.7 Å². The van der Waals surface area contributed by atoms with Crippen molar-refractivity contribution >= 4 is 31.5 Å². The van der Waals surface area contributed by atoms with E-state index in [1.54, 1.807) is 11.3 Å². The van der Waals surface area contributed by atoms with Gasteiger partial charge in [0.25, 0.3) is 0 Å². The average molecular weight is 974 g/mol. The molecule has 2 atom stereocenters. The fourth-order valence-corrected chi connectivity index (χ4v) is 14.5. The van der Waals surface area contributed by atoms with Crippen LogP contribution >= 0.6 is 11.3 Å². The van der Waals surface area contributed by atoms with Crippen molar-refractivity contribution in [1.29, 1.82) is 0 Å². The highest BCUT2D eigenvalue weighted by molar-refractivity contribution is 7.26. The van der Waals surface area contributed by atoms with E-state index in [-0.39, 0.29) is 11.8 Å². The number of fused-ring (bicyclic) bond motifs is 9. The molecule has 0 fully saturated rings. The van der Waals surface area contributed by atoms with Crippen LogP contribution in [0.25, 0.3) is 76.6 Å². The van der Waals surface area contributed by atoms with Crippen LogP contribution in [-0.2, 0) is 10.8 Å². The monoisotopic (exact) mass is 973 g/mol. The van der Waals surface area contributed by atoms with Crippen LogP contribution in [0, 0.1) is 5.92 Å². The summed E-state index contributed by atoms with van der Waals surface area (Å²) in [6.07, 6.45) is 9.25. The molecule has 0 amide bonds. The van der Waals surface area contributed by atoms with Gasteiger partial charge in [-0.05, 0) is 85.0 Å². The summed E-state index contributed by atoms with van der Waals surface area (Å²) in [6, 6.07) is 91.0. The van der Waals surface area contributed by atoms with Crippen LogP contribution in [0.1, 0.15) is 50.4 Å². The fraction of sp³-hybridized carbons (Fsp3) is 0.0563. The van der Waals surface area contributed by atoms with E-state index < -0.39 is 10.8 Å². The van der Waals surface area contributed by atoms with Gasteiger partial charge in [0.2, 0.25) is 0 Å². The molecule has 2 aromatic heterocycles. The number of hydrogen-bond acceptors (Lipinski definition) is 4. The molecular weight excluding hydrogens is 927 g/mol. The third-order valence-electron chi connectivity index (χ3n) is 16.4. The van der Waals surface area contributed by atoms with Crippen molar-refractivity contribution in [3.8, 4) is 56.4 Å². The standard InChI is InChI=1S/C71H47N3S/c1-5-21-49(22-6-1)70(50-23-7-2-8-24-50)61-36-17-14-31-57(61)65-58(33-20-37-62(65)70)68-72-67(73-69(74-68)59-34-19-32-56-55-30-15-18-38-64(55)75-66(56)59)47-41-39-46(40-42-47)48-43-44-54-53-29-13-16-35-60(53)71(63(54)45-48,51-25-9-3-10-26-51)52-27-11-4-12-28-52/h1-45,57,61H. The zero-order chi connectivity index (χ0) is 49.5. The molecule has 3 nitrogen and oxygen atoms in total. The minimum Gasteiger partial charge on any atom is -0.208 e. The van der Waals surface area contributed by atoms with Crippen LogP contribution in [0.15, 0.2) is 273 Å². The summed E-state index contributed by atoms with van der Waals surface area (Å²) >= 11 is 1.80. The molecular formula is C71H47N3S. The Morgan fingerprint density at radius 2 is 0.853 bits per heavy atom. The number of rotatable bonds is 8. The molecule has 0 N–H and O–H groups in total. The molecule has 10 aromatic carbocycles. The van der Waals surface area contributed by atoms with Gasteiger partial charge in [-0.2, -0.15) is 0 Å². The first-order valence-electron chi connectivity index (χ1n) is 25.9. The number of thiophene rings is 1. The Hall–Kier alpha value is -9.09. The van der Waals surface area contributed by atoms with E-state index in [2.05, 4.69) is 273 Å². The van der Waals surface area contributed by atoms with E-state index in [4.69, 9.17) is 15.0 Å². The molecule has 3 aliphatic rings. The van der Waals surface area contributed by atoms with E-state index in [1.807, 2.05) is 0 Å². The highest BCUT2D eigenvalue weighted by Gasteiger charge is 2.54. The summed E-state index contributed by atoms with van der Waals surface area (Å²) in [6.45, 7) is 0. The van der Waals surface area contributed by atoms with Gasteiger partial charge < -0.3 is 0 Å². The average Bonchev–Trinajstić information content (AvgIpc) is 4.28. The van der Waals surface area contributed by atoms with E-state index in [0.29, 0.717) is 17.5 Å². The maximum absolute atomic E-state index is 5.55. The van der Waals surface area contributed by atoms with E-state index in [1.165, 1.54) is 75.8 Å². The lowest BCUT2D eigenvalue weighted by atomic mass is 9.63. The maximum Gasteiger partial charge on any atom is 0.165 e.